The van der Waals surface area contributed by atoms with Gasteiger partial charge in [-0.25, -0.2) is 9.40 Å². The van der Waals surface area contributed by atoms with Gasteiger partial charge in [0.1, 0.15) is 5.82 Å². The molecule has 5 aromatic rings. The van der Waals surface area contributed by atoms with Crippen LogP contribution in [0.5, 0.6) is 11.5 Å². The number of hydrogen-bond donors (Lipinski definition) is 1. The van der Waals surface area contributed by atoms with Crippen LogP contribution in [0.2, 0.25) is 0 Å². The maximum absolute atomic E-state index is 13.9. The van der Waals surface area contributed by atoms with Crippen LogP contribution in [0.4, 0.5) is 4.39 Å². The van der Waals surface area contributed by atoms with Gasteiger partial charge < -0.3 is 19.4 Å². The molecule has 1 aliphatic heterocycles. The van der Waals surface area contributed by atoms with Gasteiger partial charge in [-0.1, -0.05) is 66.4 Å². The molecule has 1 aliphatic rings. The van der Waals surface area contributed by atoms with Crippen LogP contribution in [0.3, 0.4) is 0 Å². The van der Waals surface area contributed by atoms with Gasteiger partial charge in [0.2, 0.25) is 0 Å². The number of aromatic nitrogens is 3. The lowest BCUT2D eigenvalue weighted by atomic mass is 9.99. The van der Waals surface area contributed by atoms with E-state index in [9.17, 15) is 14.0 Å². The predicted molar refractivity (Wildman–Crippen MR) is 178 cm³/mol. The van der Waals surface area contributed by atoms with Crippen molar-refractivity contribution in [1.82, 2.24) is 25.1 Å². The summed E-state index contributed by atoms with van der Waals surface area (Å²) < 4.78 is 26.8. The van der Waals surface area contributed by atoms with Crippen LogP contribution >= 0.6 is 23.1 Å². The van der Waals surface area contributed by atoms with Crippen LogP contribution in [-0.4, -0.2) is 57.3 Å². The van der Waals surface area contributed by atoms with Crippen molar-refractivity contribution < 1.29 is 23.5 Å². The fourth-order valence-corrected chi connectivity index (χ4v) is 6.84. The number of para-hydroxylation sites is 1. The number of thiophene rings is 1. The summed E-state index contributed by atoms with van der Waals surface area (Å²) in [6.07, 6.45) is 0.514. The number of nitrogens with zero attached hydrogens (tertiary/aromatic N) is 5. The molecule has 2 amide bonds. The van der Waals surface area contributed by atoms with E-state index in [4.69, 9.17) is 14.6 Å². The second kappa shape index (κ2) is 14.6. The number of hydrazone groups is 1. The first-order chi connectivity index (χ1) is 22.9. The van der Waals surface area contributed by atoms with E-state index in [0.29, 0.717) is 35.4 Å². The maximum Gasteiger partial charge on any atom is 0.253 e. The lowest BCUT2D eigenvalue weighted by molar-refractivity contribution is -0.130. The summed E-state index contributed by atoms with van der Waals surface area (Å²) in [4.78, 5) is 27.7. The molecule has 47 heavy (non-hydrogen) atoms. The van der Waals surface area contributed by atoms with Gasteiger partial charge in [-0.2, -0.15) is 5.10 Å². The van der Waals surface area contributed by atoms with E-state index in [1.807, 2.05) is 70.6 Å². The first kappa shape index (κ1) is 32.0. The van der Waals surface area contributed by atoms with Gasteiger partial charge >= 0.3 is 0 Å². The van der Waals surface area contributed by atoms with Gasteiger partial charge in [0.25, 0.3) is 11.8 Å². The molecule has 3 heterocycles. The number of hydrogen-bond acceptors (Lipinski definition) is 9. The topological polar surface area (TPSA) is 111 Å². The highest BCUT2D eigenvalue weighted by atomic mass is 32.2. The Morgan fingerprint density at radius 1 is 1.00 bits per heavy atom. The average molecular weight is 671 g/mol. The number of carbonyl (C=O) groups is 2. The first-order valence-electron chi connectivity index (χ1n) is 14.7. The third-order valence-electron chi connectivity index (χ3n) is 7.56. The summed E-state index contributed by atoms with van der Waals surface area (Å²) >= 11 is 2.81. The minimum Gasteiger partial charge on any atom is -0.493 e. The Kier molecular flexibility index (Phi) is 9.93. The molecule has 3 aromatic carbocycles. The van der Waals surface area contributed by atoms with Crippen LogP contribution in [0.25, 0.3) is 0 Å². The first-order valence-corrected chi connectivity index (χ1v) is 16.6. The van der Waals surface area contributed by atoms with Gasteiger partial charge in [0.15, 0.2) is 22.5 Å². The highest BCUT2D eigenvalue weighted by molar-refractivity contribution is 7.99. The highest BCUT2D eigenvalue weighted by Crippen LogP contribution is 2.42. The Bertz CT molecular complexity index is 1900. The molecule has 2 aromatic heterocycles. The van der Waals surface area contributed by atoms with E-state index in [1.165, 1.54) is 35.0 Å². The molecule has 0 radical (unpaired) electrons. The van der Waals surface area contributed by atoms with Crippen molar-refractivity contribution in [1.29, 1.82) is 0 Å². The van der Waals surface area contributed by atoms with E-state index in [1.54, 1.807) is 31.6 Å². The van der Waals surface area contributed by atoms with Gasteiger partial charge in [0.05, 0.1) is 49.7 Å². The molecule has 0 aliphatic carbocycles. The van der Waals surface area contributed by atoms with Gasteiger partial charge in [-0.3, -0.25) is 9.59 Å². The average Bonchev–Trinajstić information content (AvgIpc) is 3.87. The summed E-state index contributed by atoms with van der Waals surface area (Å²) in [7, 11) is 3.16. The summed E-state index contributed by atoms with van der Waals surface area (Å²) in [6.45, 7) is 0.478. The molecule has 0 saturated carbocycles. The standard InChI is InChI=1S/C34H31FN6O4S2/c1-44-28-14-7-13-25(32(28)45-2)27-18-26(29-15-8-16-46-29)39-41(27)31(42)21-47-34-38-37-30(40(34)20-22-9-4-3-5-10-22)19-36-33(43)23-11-6-12-24(35)17-23/h3-17,27H,18-21H2,1-2H3,(H,36,43)/t27-/m0/s1. The number of rotatable bonds is 12. The molecule has 10 nitrogen and oxygen atoms in total. The van der Waals surface area contributed by atoms with Crippen molar-refractivity contribution in [2.24, 2.45) is 5.10 Å². The molecule has 13 heteroatoms. The van der Waals surface area contributed by atoms with Crippen molar-refractivity contribution in [3.05, 3.63) is 124 Å². The maximum atomic E-state index is 13.9. The smallest absolute Gasteiger partial charge is 0.253 e. The third kappa shape index (κ3) is 7.21. The summed E-state index contributed by atoms with van der Waals surface area (Å²) in [5, 5.41) is 20.3. The molecule has 0 saturated heterocycles. The van der Waals surface area contributed by atoms with Crippen LogP contribution in [0.15, 0.2) is 101 Å². The Hall–Kier alpha value is -5.01. The molecule has 0 bridgehead atoms. The van der Waals surface area contributed by atoms with E-state index in [-0.39, 0.29) is 23.8 Å². The molecule has 1 atom stereocenters. The number of halogens is 1. The highest BCUT2D eigenvalue weighted by Gasteiger charge is 2.36. The quantitative estimate of drug-likeness (QED) is 0.164. The number of methoxy groups -OCH3 is 2. The molecular formula is C34H31FN6O4S2. The summed E-state index contributed by atoms with van der Waals surface area (Å²) in [5.74, 6) is 0.509. The lowest BCUT2D eigenvalue weighted by Crippen LogP contribution is -2.29. The van der Waals surface area contributed by atoms with Crippen molar-refractivity contribution in [3.8, 4) is 11.5 Å². The van der Waals surface area contributed by atoms with E-state index in [0.717, 1.165) is 21.7 Å². The molecule has 240 valence electrons. The Balaban J connectivity index is 1.24. The van der Waals surface area contributed by atoms with Gasteiger partial charge in [0, 0.05) is 17.5 Å². The Morgan fingerprint density at radius 2 is 1.83 bits per heavy atom. The van der Waals surface area contributed by atoms with Crippen molar-refractivity contribution in [3.63, 3.8) is 0 Å². The minimum absolute atomic E-state index is 0.0343. The lowest BCUT2D eigenvalue weighted by Gasteiger charge is -2.24. The van der Waals surface area contributed by atoms with Crippen molar-refractivity contribution in [2.45, 2.75) is 30.7 Å². The van der Waals surface area contributed by atoms with E-state index in [2.05, 4.69) is 15.5 Å². The van der Waals surface area contributed by atoms with Crippen LogP contribution < -0.4 is 14.8 Å². The molecular weight excluding hydrogens is 640 g/mol. The van der Waals surface area contributed by atoms with Crippen LogP contribution in [-0.2, 0) is 17.9 Å². The number of carbonyl (C=O) groups excluding carboxylic acids is 2. The Morgan fingerprint density at radius 3 is 2.57 bits per heavy atom. The molecule has 0 fully saturated rings. The second-order valence-electron chi connectivity index (χ2n) is 10.5. The predicted octanol–water partition coefficient (Wildman–Crippen LogP) is 5.94. The number of nitrogens with one attached hydrogen (secondary N) is 1. The normalized spacial score (nSPS) is 14.1. The molecule has 0 spiro atoms. The van der Waals surface area contributed by atoms with E-state index < -0.39 is 17.8 Å². The number of benzene rings is 3. The zero-order valence-electron chi connectivity index (χ0n) is 25.6. The number of amides is 2. The summed E-state index contributed by atoms with van der Waals surface area (Å²) in [5.41, 5.74) is 2.81. The van der Waals surface area contributed by atoms with Gasteiger partial charge in [-0.15, -0.1) is 21.5 Å². The largest absolute Gasteiger partial charge is 0.493 e. The van der Waals surface area contributed by atoms with Crippen molar-refractivity contribution in [2.75, 3.05) is 20.0 Å². The molecule has 1 N–H and O–H groups in total. The van der Waals surface area contributed by atoms with Gasteiger partial charge in [-0.05, 0) is 41.3 Å². The fourth-order valence-electron chi connectivity index (χ4n) is 5.31. The van der Waals surface area contributed by atoms with Crippen LogP contribution in [0.1, 0.15) is 44.6 Å². The molecule has 6 rings (SSSR count). The Labute approximate surface area is 279 Å². The zero-order valence-corrected chi connectivity index (χ0v) is 27.3. The van der Waals surface area contributed by atoms with Crippen LogP contribution in [0, 0.1) is 5.82 Å². The number of ether oxygens (including phenoxy) is 2. The monoisotopic (exact) mass is 670 g/mol. The summed E-state index contributed by atoms with van der Waals surface area (Å²) in [6, 6.07) is 24.4. The fraction of sp³-hybridized carbons (Fsp3) is 0.206. The van der Waals surface area contributed by atoms with E-state index >= 15 is 0 Å². The zero-order chi connectivity index (χ0) is 32.8. The number of thioether (sulfide) groups is 1. The second-order valence-corrected chi connectivity index (χ2v) is 12.4. The SMILES string of the molecule is COc1cccc([C@@H]2CC(c3cccs3)=NN2C(=O)CSc2nnc(CNC(=O)c3cccc(F)c3)n2Cc2ccccc2)c1OC. The minimum atomic E-state index is -0.495. The molecule has 0 unspecified atom stereocenters. The third-order valence-corrected chi connectivity index (χ3v) is 9.43. The van der Waals surface area contributed by atoms with Crippen molar-refractivity contribution >= 4 is 40.6 Å².